The summed E-state index contributed by atoms with van der Waals surface area (Å²) in [5.74, 6) is -0.0555. The highest BCUT2D eigenvalue weighted by Crippen LogP contribution is 2.32. The minimum absolute atomic E-state index is 0.0555. The van der Waals surface area contributed by atoms with Crippen LogP contribution >= 0.6 is 11.3 Å². The van der Waals surface area contributed by atoms with Crippen molar-refractivity contribution in [2.75, 3.05) is 25.0 Å². The number of aromatic nitrogens is 1. The van der Waals surface area contributed by atoms with Crippen LogP contribution in [0.2, 0.25) is 0 Å². The van der Waals surface area contributed by atoms with Gasteiger partial charge in [-0.3, -0.25) is 9.69 Å². The molecule has 2 N–H and O–H groups in total. The van der Waals surface area contributed by atoms with Crippen LogP contribution in [0.25, 0.3) is 0 Å². The van der Waals surface area contributed by atoms with E-state index in [4.69, 9.17) is 0 Å². The summed E-state index contributed by atoms with van der Waals surface area (Å²) < 4.78 is 0. The zero-order valence-electron chi connectivity index (χ0n) is 12.2. The molecule has 1 aromatic heterocycles. The summed E-state index contributed by atoms with van der Waals surface area (Å²) in [4.78, 5) is 18.1. The minimum atomic E-state index is -0.774. The standard InChI is InChI=1S/C16H19N3O2S/c20-14(18-15-17-8-11-22-15)12-19-9-6-16(21,7-10-19)13-4-2-1-3-5-13/h1-5,8,11,21H,6-7,9-10,12H2,(H,17,18,20). The summed E-state index contributed by atoms with van der Waals surface area (Å²) in [6.45, 7) is 1.75. The minimum Gasteiger partial charge on any atom is -0.385 e. The van der Waals surface area contributed by atoms with E-state index < -0.39 is 5.60 Å². The van der Waals surface area contributed by atoms with Crippen LogP contribution in [0.5, 0.6) is 0 Å². The summed E-state index contributed by atoms with van der Waals surface area (Å²) >= 11 is 1.41. The molecule has 1 aromatic carbocycles. The summed E-state index contributed by atoms with van der Waals surface area (Å²) in [5, 5.41) is 16.0. The van der Waals surface area contributed by atoms with E-state index in [0.717, 1.165) is 5.56 Å². The van der Waals surface area contributed by atoms with Gasteiger partial charge in [-0.05, 0) is 18.4 Å². The average molecular weight is 317 g/mol. The molecule has 116 valence electrons. The molecule has 1 aliphatic rings. The fourth-order valence-corrected chi connectivity index (χ4v) is 3.31. The number of thiazole rings is 1. The molecule has 0 aliphatic carbocycles. The Bertz CT molecular complexity index is 608. The Balaban J connectivity index is 1.52. The van der Waals surface area contributed by atoms with E-state index in [9.17, 15) is 9.90 Å². The Labute approximate surface area is 133 Å². The number of likely N-dealkylation sites (tertiary alicyclic amines) is 1. The van der Waals surface area contributed by atoms with Gasteiger partial charge in [-0.25, -0.2) is 4.98 Å². The number of carbonyl (C=O) groups is 1. The molecular weight excluding hydrogens is 298 g/mol. The van der Waals surface area contributed by atoms with Gasteiger partial charge in [-0.15, -0.1) is 11.3 Å². The van der Waals surface area contributed by atoms with Gasteiger partial charge in [0.15, 0.2) is 5.13 Å². The monoisotopic (exact) mass is 317 g/mol. The Morgan fingerprint density at radius 2 is 2.05 bits per heavy atom. The number of anilines is 1. The van der Waals surface area contributed by atoms with Crippen LogP contribution in [0.1, 0.15) is 18.4 Å². The lowest BCUT2D eigenvalue weighted by Crippen LogP contribution is -2.45. The number of aliphatic hydroxyl groups is 1. The fourth-order valence-electron chi connectivity index (χ4n) is 2.77. The van der Waals surface area contributed by atoms with Crippen LogP contribution in [-0.2, 0) is 10.4 Å². The second kappa shape index (κ2) is 6.56. The van der Waals surface area contributed by atoms with Crippen molar-refractivity contribution in [3.05, 3.63) is 47.5 Å². The second-order valence-electron chi connectivity index (χ2n) is 5.56. The molecule has 3 rings (SSSR count). The summed E-state index contributed by atoms with van der Waals surface area (Å²) in [5.41, 5.74) is 0.186. The topological polar surface area (TPSA) is 65.5 Å². The predicted molar refractivity (Wildman–Crippen MR) is 86.8 cm³/mol. The maximum absolute atomic E-state index is 12.0. The van der Waals surface area contributed by atoms with Gasteiger partial charge in [0, 0.05) is 24.7 Å². The number of nitrogens with zero attached hydrogens (tertiary/aromatic N) is 2. The third kappa shape index (κ3) is 3.52. The molecule has 0 unspecified atom stereocenters. The molecule has 1 aliphatic heterocycles. The Morgan fingerprint density at radius 3 is 2.68 bits per heavy atom. The van der Waals surface area contributed by atoms with Crippen molar-refractivity contribution in [2.24, 2.45) is 0 Å². The summed E-state index contributed by atoms with van der Waals surface area (Å²) in [6, 6.07) is 9.77. The zero-order chi connectivity index (χ0) is 15.4. The number of piperidine rings is 1. The van der Waals surface area contributed by atoms with Gasteiger partial charge in [0.1, 0.15) is 0 Å². The first-order valence-electron chi connectivity index (χ1n) is 7.35. The van der Waals surface area contributed by atoms with E-state index in [2.05, 4.69) is 15.2 Å². The van der Waals surface area contributed by atoms with Gasteiger partial charge in [0.05, 0.1) is 12.1 Å². The number of amides is 1. The van der Waals surface area contributed by atoms with Gasteiger partial charge < -0.3 is 10.4 Å². The Morgan fingerprint density at radius 1 is 1.32 bits per heavy atom. The van der Waals surface area contributed by atoms with Gasteiger partial charge in [0.25, 0.3) is 0 Å². The van der Waals surface area contributed by atoms with Crippen LogP contribution in [0.4, 0.5) is 5.13 Å². The van der Waals surface area contributed by atoms with Crippen LogP contribution in [0, 0.1) is 0 Å². The zero-order valence-corrected chi connectivity index (χ0v) is 13.1. The fraction of sp³-hybridized carbons (Fsp3) is 0.375. The third-order valence-corrected chi connectivity index (χ3v) is 4.73. The van der Waals surface area contributed by atoms with E-state index in [1.54, 1.807) is 6.20 Å². The highest BCUT2D eigenvalue weighted by atomic mass is 32.1. The number of carbonyl (C=O) groups excluding carboxylic acids is 1. The van der Waals surface area contributed by atoms with Crippen LogP contribution in [0.15, 0.2) is 41.9 Å². The summed E-state index contributed by atoms with van der Waals surface area (Å²) in [6.07, 6.45) is 2.95. The van der Waals surface area contributed by atoms with Crippen molar-refractivity contribution in [1.29, 1.82) is 0 Å². The van der Waals surface area contributed by atoms with Crippen LogP contribution < -0.4 is 5.32 Å². The molecule has 1 amide bonds. The molecule has 0 spiro atoms. The lowest BCUT2D eigenvalue weighted by atomic mass is 9.84. The molecule has 2 aromatic rings. The van der Waals surface area contributed by atoms with Crippen molar-refractivity contribution in [2.45, 2.75) is 18.4 Å². The van der Waals surface area contributed by atoms with Crippen molar-refractivity contribution >= 4 is 22.4 Å². The molecule has 1 saturated heterocycles. The highest BCUT2D eigenvalue weighted by molar-refractivity contribution is 7.13. The van der Waals surface area contributed by atoms with Crippen molar-refractivity contribution < 1.29 is 9.90 Å². The van der Waals surface area contributed by atoms with Crippen molar-refractivity contribution in [1.82, 2.24) is 9.88 Å². The maximum atomic E-state index is 12.0. The molecule has 1 fully saturated rings. The van der Waals surface area contributed by atoms with Gasteiger partial charge in [-0.1, -0.05) is 30.3 Å². The van der Waals surface area contributed by atoms with Crippen LogP contribution in [0.3, 0.4) is 0 Å². The first-order chi connectivity index (χ1) is 10.7. The molecule has 22 heavy (non-hydrogen) atoms. The third-order valence-electron chi connectivity index (χ3n) is 4.04. The number of hydrogen-bond donors (Lipinski definition) is 2. The highest BCUT2D eigenvalue weighted by Gasteiger charge is 2.34. The molecule has 2 heterocycles. The molecule has 0 radical (unpaired) electrons. The van der Waals surface area contributed by atoms with Crippen LogP contribution in [-0.4, -0.2) is 40.5 Å². The Hall–Kier alpha value is -1.76. The van der Waals surface area contributed by atoms with Gasteiger partial charge in [0.2, 0.25) is 5.91 Å². The molecule has 0 atom stereocenters. The number of hydrogen-bond acceptors (Lipinski definition) is 5. The predicted octanol–water partition coefficient (Wildman–Crippen LogP) is 2.07. The van der Waals surface area contributed by atoms with Crippen molar-refractivity contribution in [3.8, 4) is 0 Å². The lowest BCUT2D eigenvalue weighted by molar-refractivity contribution is -0.118. The van der Waals surface area contributed by atoms with Gasteiger partial charge in [-0.2, -0.15) is 0 Å². The SMILES string of the molecule is O=C(CN1CCC(O)(c2ccccc2)CC1)Nc1nccs1. The normalized spacial score (nSPS) is 18.0. The second-order valence-corrected chi connectivity index (χ2v) is 6.45. The maximum Gasteiger partial charge on any atom is 0.240 e. The largest absolute Gasteiger partial charge is 0.385 e. The number of nitrogens with one attached hydrogen (secondary N) is 1. The smallest absolute Gasteiger partial charge is 0.240 e. The van der Waals surface area contributed by atoms with E-state index in [1.807, 2.05) is 35.7 Å². The first kappa shape index (κ1) is 15.1. The molecule has 0 bridgehead atoms. The quantitative estimate of drug-likeness (QED) is 0.906. The number of benzene rings is 1. The molecule has 6 heteroatoms. The number of rotatable bonds is 4. The Kier molecular flexibility index (Phi) is 4.52. The van der Waals surface area contributed by atoms with E-state index >= 15 is 0 Å². The van der Waals surface area contributed by atoms with Gasteiger partial charge >= 0.3 is 0 Å². The molecule has 0 saturated carbocycles. The molecule has 5 nitrogen and oxygen atoms in total. The first-order valence-corrected chi connectivity index (χ1v) is 8.23. The molecular formula is C16H19N3O2S. The van der Waals surface area contributed by atoms with E-state index in [0.29, 0.717) is 37.6 Å². The lowest BCUT2D eigenvalue weighted by Gasteiger charge is -2.38. The summed E-state index contributed by atoms with van der Waals surface area (Å²) in [7, 11) is 0. The van der Waals surface area contributed by atoms with E-state index in [1.165, 1.54) is 11.3 Å². The van der Waals surface area contributed by atoms with E-state index in [-0.39, 0.29) is 5.91 Å². The average Bonchev–Trinajstić information content (AvgIpc) is 3.03. The van der Waals surface area contributed by atoms with Crippen molar-refractivity contribution in [3.63, 3.8) is 0 Å².